The molecule has 152 valence electrons. The van der Waals surface area contributed by atoms with E-state index < -0.39 is 11.4 Å². The number of nitrogens with zero attached hydrogens (tertiary/aromatic N) is 1. The van der Waals surface area contributed by atoms with Gasteiger partial charge in [0.15, 0.2) is 0 Å². The van der Waals surface area contributed by atoms with E-state index in [1.54, 1.807) is 11.3 Å². The minimum Gasteiger partial charge on any atom is -0.481 e. The van der Waals surface area contributed by atoms with Gasteiger partial charge in [0.25, 0.3) is 0 Å². The molecule has 0 amide bonds. The summed E-state index contributed by atoms with van der Waals surface area (Å²) in [6.45, 7) is 8.08. The van der Waals surface area contributed by atoms with E-state index in [0.717, 1.165) is 52.9 Å². The van der Waals surface area contributed by atoms with Crippen LogP contribution in [0.3, 0.4) is 0 Å². The molecule has 1 N–H and O–H groups in total. The van der Waals surface area contributed by atoms with Gasteiger partial charge in [-0.05, 0) is 73.8 Å². The lowest BCUT2D eigenvalue weighted by Gasteiger charge is -2.29. The molecular weight excluding hydrogens is 378 g/mol. The predicted molar refractivity (Wildman–Crippen MR) is 121 cm³/mol. The van der Waals surface area contributed by atoms with Crippen LogP contribution in [0.4, 0.5) is 0 Å². The molecule has 0 bridgehead atoms. The van der Waals surface area contributed by atoms with Gasteiger partial charge in [0.05, 0.1) is 5.41 Å². The Kier molecular flexibility index (Phi) is 5.24. The van der Waals surface area contributed by atoms with Crippen molar-refractivity contribution in [2.75, 3.05) is 0 Å². The number of thiophene rings is 1. The van der Waals surface area contributed by atoms with E-state index >= 15 is 0 Å². The topological polar surface area (TPSA) is 50.2 Å². The minimum absolute atomic E-state index is 0.600. The smallest absolute Gasteiger partial charge is 0.313 e. The monoisotopic (exact) mass is 407 g/mol. The molecule has 0 radical (unpaired) electrons. The summed E-state index contributed by atoms with van der Waals surface area (Å²) in [4.78, 5) is 20.0. The Bertz CT molecular complexity index is 1080. The lowest BCUT2D eigenvalue weighted by Crippen LogP contribution is -2.34. The van der Waals surface area contributed by atoms with Crippen molar-refractivity contribution in [2.24, 2.45) is 0 Å². The SMILES string of the molecule is CCCC(C)(C(=O)O)c1c(C)nc2sc3c(c2c1-c1ccc(CC)cc1)CCC3. The summed E-state index contributed by atoms with van der Waals surface area (Å²) in [5, 5.41) is 11.5. The average Bonchev–Trinajstić information content (AvgIpc) is 3.28. The molecule has 0 fully saturated rings. The summed E-state index contributed by atoms with van der Waals surface area (Å²) in [5.74, 6) is -0.762. The fraction of sp³-hybridized carbons (Fsp3) is 0.440. The van der Waals surface area contributed by atoms with Crippen LogP contribution in [-0.4, -0.2) is 16.1 Å². The molecule has 1 atom stereocenters. The fourth-order valence-corrected chi connectivity index (χ4v) is 6.27. The maximum Gasteiger partial charge on any atom is 0.313 e. The van der Waals surface area contributed by atoms with E-state index in [1.165, 1.54) is 27.8 Å². The highest BCUT2D eigenvalue weighted by molar-refractivity contribution is 7.19. The molecule has 1 aliphatic carbocycles. The van der Waals surface area contributed by atoms with Gasteiger partial charge < -0.3 is 5.11 Å². The molecule has 0 spiro atoms. The van der Waals surface area contributed by atoms with Crippen molar-refractivity contribution in [1.82, 2.24) is 4.98 Å². The van der Waals surface area contributed by atoms with Gasteiger partial charge in [-0.15, -0.1) is 11.3 Å². The van der Waals surface area contributed by atoms with Crippen LogP contribution in [0.25, 0.3) is 21.3 Å². The van der Waals surface area contributed by atoms with Crippen molar-refractivity contribution in [3.63, 3.8) is 0 Å². The van der Waals surface area contributed by atoms with Crippen molar-refractivity contribution >= 4 is 27.5 Å². The second kappa shape index (κ2) is 7.56. The molecule has 1 unspecified atom stereocenters. The third-order valence-corrected chi connectivity index (χ3v) is 7.64. The van der Waals surface area contributed by atoms with Gasteiger partial charge in [0.1, 0.15) is 4.83 Å². The van der Waals surface area contributed by atoms with Crippen LogP contribution in [0.5, 0.6) is 0 Å². The fourth-order valence-electron chi connectivity index (χ4n) is 4.95. The van der Waals surface area contributed by atoms with E-state index in [-0.39, 0.29) is 0 Å². The number of aryl methyl sites for hydroxylation is 4. The van der Waals surface area contributed by atoms with Crippen LogP contribution in [0.15, 0.2) is 24.3 Å². The van der Waals surface area contributed by atoms with Gasteiger partial charge in [-0.3, -0.25) is 4.79 Å². The molecule has 4 rings (SSSR count). The van der Waals surface area contributed by atoms with Crippen molar-refractivity contribution in [1.29, 1.82) is 0 Å². The summed E-state index contributed by atoms with van der Waals surface area (Å²) < 4.78 is 0. The first-order valence-corrected chi connectivity index (χ1v) is 11.5. The second-order valence-electron chi connectivity index (χ2n) is 8.42. The van der Waals surface area contributed by atoms with Crippen molar-refractivity contribution in [3.8, 4) is 11.1 Å². The number of pyridine rings is 1. The maximum absolute atomic E-state index is 12.5. The first kappa shape index (κ1) is 20.1. The van der Waals surface area contributed by atoms with Crippen LogP contribution in [0.2, 0.25) is 0 Å². The van der Waals surface area contributed by atoms with Gasteiger partial charge in [0, 0.05) is 16.0 Å². The minimum atomic E-state index is -0.952. The highest BCUT2D eigenvalue weighted by Crippen LogP contribution is 2.47. The number of fused-ring (bicyclic) bond motifs is 3. The number of benzene rings is 1. The normalized spacial score (nSPS) is 15.4. The van der Waals surface area contributed by atoms with Gasteiger partial charge in [-0.25, -0.2) is 4.98 Å². The molecule has 29 heavy (non-hydrogen) atoms. The number of rotatable bonds is 6. The number of carboxylic acids is 1. The van der Waals surface area contributed by atoms with Gasteiger partial charge in [0.2, 0.25) is 0 Å². The summed E-state index contributed by atoms with van der Waals surface area (Å²) in [7, 11) is 0. The van der Waals surface area contributed by atoms with E-state index in [0.29, 0.717) is 6.42 Å². The zero-order chi connectivity index (χ0) is 20.8. The first-order chi connectivity index (χ1) is 13.9. The summed E-state index contributed by atoms with van der Waals surface area (Å²) in [5.41, 5.74) is 5.71. The van der Waals surface area contributed by atoms with E-state index in [9.17, 15) is 9.90 Å². The standard InChI is InChI=1S/C25H29NO2S/c1-5-14-25(4,24(27)28)22-15(3)26-23-21(18-8-7-9-19(18)29-23)20(22)17-12-10-16(6-2)11-13-17/h10-13H,5-9,14H2,1-4H3,(H,27,28). The van der Waals surface area contributed by atoms with Gasteiger partial charge >= 0.3 is 5.97 Å². The lowest BCUT2D eigenvalue weighted by atomic mass is 9.73. The maximum atomic E-state index is 12.5. The van der Waals surface area contributed by atoms with Crippen molar-refractivity contribution in [2.45, 2.75) is 71.6 Å². The molecule has 0 saturated heterocycles. The summed E-state index contributed by atoms with van der Waals surface area (Å²) in [6, 6.07) is 8.68. The molecule has 1 aromatic carbocycles. The van der Waals surface area contributed by atoms with E-state index in [2.05, 4.69) is 38.1 Å². The van der Waals surface area contributed by atoms with Crippen LogP contribution in [0.1, 0.15) is 67.3 Å². The molecule has 4 heteroatoms. The van der Waals surface area contributed by atoms with Crippen LogP contribution in [-0.2, 0) is 29.5 Å². The Labute approximate surface area is 176 Å². The average molecular weight is 408 g/mol. The highest BCUT2D eigenvalue weighted by Gasteiger charge is 2.40. The van der Waals surface area contributed by atoms with Gasteiger partial charge in [-0.1, -0.05) is 44.5 Å². The molecule has 2 aromatic heterocycles. The Morgan fingerprint density at radius 3 is 2.55 bits per heavy atom. The quantitative estimate of drug-likeness (QED) is 0.510. The molecule has 0 aliphatic heterocycles. The molecule has 2 heterocycles. The highest BCUT2D eigenvalue weighted by atomic mass is 32.1. The van der Waals surface area contributed by atoms with Crippen LogP contribution >= 0.6 is 11.3 Å². The summed E-state index contributed by atoms with van der Waals surface area (Å²) >= 11 is 1.80. The van der Waals surface area contributed by atoms with Crippen LogP contribution in [0, 0.1) is 6.92 Å². The third kappa shape index (κ3) is 3.18. The zero-order valence-electron chi connectivity index (χ0n) is 17.8. The Hall–Kier alpha value is -2.20. The van der Waals surface area contributed by atoms with Gasteiger partial charge in [-0.2, -0.15) is 0 Å². The Balaban J connectivity index is 2.11. The number of carbonyl (C=O) groups is 1. The number of aromatic nitrogens is 1. The number of aliphatic carboxylic acids is 1. The molecule has 3 nitrogen and oxygen atoms in total. The second-order valence-corrected chi connectivity index (χ2v) is 9.51. The Morgan fingerprint density at radius 1 is 1.21 bits per heavy atom. The zero-order valence-corrected chi connectivity index (χ0v) is 18.6. The summed E-state index contributed by atoms with van der Waals surface area (Å²) in [6.07, 6.45) is 5.77. The predicted octanol–water partition coefficient (Wildman–Crippen LogP) is 6.47. The largest absolute Gasteiger partial charge is 0.481 e. The molecule has 3 aromatic rings. The lowest BCUT2D eigenvalue weighted by molar-refractivity contribution is -0.143. The number of carboxylic acid groups (broad SMARTS) is 1. The van der Waals surface area contributed by atoms with Crippen molar-refractivity contribution < 1.29 is 9.90 Å². The van der Waals surface area contributed by atoms with Crippen LogP contribution < -0.4 is 0 Å². The third-order valence-electron chi connectivity index (χ3n) is 6.46. The number of hydrogen-bond donors (Lipinski definition) is 1. The number of hydrogen-bond acceptors (Lipinski definition) is 3. The molecular formula is C25H29NO2S. The van der Waals surface area contributed by atoms with E-state index in [4.69, 9.17) is 4.98 Å². The Morgan fingerprint density at radius 2 is 1.93 bits per heavy atom. The first-order valence-electron chi connectivity index (χ1n) is 10.7. The molecule has 1 aliphatic rings. The van der Waals surface area contributed by atoms with Crippen molar-refractivity contribution in [3.05, 3.63) is 51.5 Å². The molecule has 0 saturated carbocycles. The van der Waals surface area contributed by atoms with E-state index in [1.807, 2.05) is 13.8 Å².